The molecule has 0 spiro atoms. The Morgan fingerprint density at radius 1 is 1.03 bits per heavy atom. The number of nitrogens with zero attached hydrogens (tertiary/aromatic N) is 5. The third-order valence-electron chi connectivity index (χ3n) is 5.93. The van der Waals surface area contributed by atoms with Crippen LogP contribution in [0.2, 0.25) is 0 Å². The number of methoxy groups -OCH3 is 1. The Bertz CT molecular complexity index is 1620. The SMILES string of the molecule is COc1cccc(-n2c(C)cn3c4c(=O)n(Cc5ccccc5C)c(=O)n(C)c4nc23)c1. The number of rotatable bonds is 4. The lowest BCUT2D eigenvalue weighted by Crippen LogP contribution is -2.39. The van der Waals surface area contributed by atoms with Gasteiger partial charge in [0.25, 0.3) is 5.56 Å². The maximum absolute atomic E-state index is 13.5. The Hall–Kier alpha value is -4.07. The van der Waals surface area contributed by atoms with Crippen molar-refractivity contribution in [1.82, 2.24) is 23.1 Å². The topological polar surface area (TPSA) is 75.5 Å². The van der Waals surface area contributed by atoms with E-state index in [0.717, 1.165) is 28.3 Å². The summed E-state index contributed by atoms with van der Waals surface area (Å²) < 4.78 is 11.8. The summed E-state index contributed by atoms with van der Waals surface area (Å²) in [4.78, 5) is 31.3. The minimum absolute atomic E-state index is 0.205. The van der Waals surface area contributed by atoms with Gasteiger partial charge in [-0.1, -0.05) is 30.3 Å². The Balaban J connectivity index is 1.79. The molecule has 0 aliphatic heterocycles. The van der Waals surface area contributed by atoms with Crippen molar-refractivity contribution in [2.24, 2.45) is 7.05 Å². The molecule has 3 heterocycles. The van der Waals surface area contributed by atoms with E-state index in [1.165, 1.54) is 9.13 Å². The van der Waals surface area contributed by atoms with Crippen LogP contribution in [0.15, 0.2) is 64.3 Å². The zero-order chi connectivity index (χ0) is 22.6. The summed E-state index contributed by atoms with van der Waals surface area (Å²) in [5.74, 6) is 1.28. The predicted octanol–water partition coefficient (Wildman–Crippen LogP) is 2.81. The van der Waals surface area contributed by atoms with Crippen LogP contribution < -0.4 is 16.0 Å². The lowest BCUT2D eigenvalue weighted by atomic mass is 10.1. The highest BCUT2D eigenvalue weighted by molar-refractivity contribution is 5.76. The largest absolute Gasteiger partial charge is 0.497 e. The summed E-state index contributed by atoms with van der Waals surface area (Å²) in [5, 5.41) is 0. The van der Waals surface area contributed by atoms with E-state index in [1.807, 2.05) is 73.1 Å². The molecule has 8 heteroatoms. The third kappa shape index (κ3) is 2.87. The first-order valence-electron chi connectivity index (χ1n) is 10.3. The van der Waals surface area contributed by atoms with Gasteiger partial charge in [-0.3, -0.25) is 22.9 Å². The number of aromatic nitrogens is 5. The van der Waals surface area contributed by atoms with Crippen molar-refractivity contribution in [3.8, 4) is 11.4 Å². The standard InChI is InChI=1S/C24H23N5O3/c1-15-8-5-6-9-17(15)14-28-22(30)20-21(26(3)24(28)31)25-23-27(20)13-16(2)29(23)18-10-7-11-19(12-18)32-4/h5-13H,14H2,1-4H3. The molecule has 8 nitrogen and oxygen atoms in total. The first-order valence-corrected chi connectivity index (χ1v) is 10.3. The molecule has 0 aliphatic carbocycles. The number of hydrogen-bond donors (Lipinski definition) is 0. The first kappa shape index (κ1) is 19.9. The van der Waals surface area contributed by atoms with Crippen LogP contribution in [-0.2, 0) is 13.6 Å². The molecule has 0 amide bonds. The third-order valence-corrected chi connectivity index (χ3v) is 5.93. The zero-order valence-electron chi connectivity index (χ0n) is 18.4. The van der Waals surface area contributed by atoms with Gasteiger partial charge in [-0.05, 0) is 37.1 Å². The fourth-order valence-electron chi connectivity index (χ4n) is 4.18. The first-order chi connectivity index (χ1) is 15.4. The van der Waals surface area contributed by atoms with Crippen molar-refractivity contribution in [3.63, 3.8) is 0 Å². The number of fused-ring (bicyclic) bond motifs is 3. The van der Waals surface area contributed by atoms with Gasteiger partial charge in [-0.25, -0.2) is 4.79 Å². The number of benzene rings is 2. The molecule has 162 valence electrons. The minimum atomic E-state index is -0.392. The molecule has 5 rings (SSSR count). The molecule has 32 heavy (non-hydrogen) atoms. The number of ether oxygens (including phenoxy) is 1. The monoisotopic (exact) mass is 429 g/mol. The van der Waals surface area contributed by atoms with Crippen LogP contribution in [0.5, 0.6) is 5.75 Å². The average molecular weight is 429 g/mol. The maximum atomic E-state index is 13.5. The highest BCUT2D eigenvalue weighted by Gasteiger charge is 2.21. The van der Waals surface area contributed by atoms with Crippen molar-refractivity contribution in [1.29, 1.82) is 0 Å². The molecule has 0 radical (unpaired) electrons. The van der Waals surface area contributed by atoms with E-state index in [-0.39, 0.29) is 12.1 Å². The van der Waals surface area contributed by atoms with E-state index in [4.69, 9.17) is 4.74 Å². The Labute approximate surface area is 183 Å². The van der Waals surface area contributed by atoms with Crippen LogP contribution in [0.3, 0.4) is 0 Å². The Morgan fingerprint density at radius 2 is 1.81 bits per heavy atom. The summed E-state index contributed by atoms with van der Waals surface area (Å²) in [7, 11) is 3.27. The molecule has 0 aliphatic rings. The second-order valence-electron chi connectivity index (χ2n) is 7.92. The molecular formula is C24H23N5O3. The van der Waals surface area contributed by atoms with Crippen molar-refractivity contribution >= 4 is 16.9 Å². The van der Waals surface area contributed by atoms with Gasteiger partial charge in [-0.15, -0.1) is 0 Å². The molecule has 0 bridgehead atoms. The molecule has 2 aromatic carbocycles. The van der Waals surface area contributed by atoms with Crippen LogP contribution >= 0.6 is 0 Å². The molecule has 0 unspecified atom stereocenters. The second kappa shape index (κ2) is 7.26. The van der Waals surface area contributed by atoms with Gasteiger partial charge < -0.3 is 4.74 Å². The highest BCUT2D eigenvalue weighted by Crippen LogP contribution is 2.23. The lowest BCUT2D eigenvalue weighted by molar-refractivity contribution is 0.414. The van der Waals surface area contributed by atoms with Crippen LogP contribution in [0, 0.1) is 13.8 Å². The van der Waals surface area contributed by atoms with Gasteiger partial charge in [-0.2, -0.15) is 4.98 Å². The molecule has 0 atom stereocenters. The van der Waals surface area contributed by atoms with E-state index in [9.17, 15) is 9.59 Å². The van der Waals surface area contributed by atoms with E-state index in [1.54, 1.807) is 18.6 Å². The van der Waals surface area contributed by atoms with Gasteiger partial charge in [0.15, 0.2) is 11.2 Å². The Kier molecular flexibility index (Phi) is 4.51. The predicted molar refractivity (Wildman–Crippen MR) is 123 cm³/mol. The second-order valence-corrected chi connectivity index (χ2v) is 7.92. The molecule has 0 saturated carbocycles. The number of hydrogen-bond acceptors (Lipinski definition) is 4. The van der Waals surface area contributed by atoms with Crippen molar-refractivity contribution < 1.29 is 4.74 Å². The van der Waals surface area contributed by atoms with E-state index >= 15 is 0 Å². The molecule has 0 saturated heterocycles. The molecule has 5 aromatic rings. The zero-order valence-corrected chi connectivity index (χ0v) is 18.4. The Morgan fingerprint density at radius 3 is 2.56 bits per heavy atom. The van der Waals surface area contributed by atoms with Crippen LogP contribution in [-0.4, -0.2) is 30.2 Å². The van der Waals surface area contributed by atoms with Gasteiger partial charge in [0.05, 0.1) is 19.3 Å². The van der Waals surface area contributed by atoms with Crippen LogP contribution in [0.4, 0.5) is 0 Å². The van der Waals surface area contributed by atoms with Crippen molar-refractivity contribution in [3.05, 3.63) is 92.4 Å². The minimum Gasteiger partial charge on any atom is -0.497 e. The molecular weight excluding hydrogens is 406 g/mol. The smallest absolute Gasteiger partial charge is 0.332 e. The molecule has 0 fully saturated rings. The summed E-state index contributed by atoms with van der Waals surface area (Å²) in [6.45, 7) is 4.13. The quantitative estimate of drug-likeness (QED) is 0.440. The highest BCUT2D eigenvalue weighted by atomic mass is 16.5. The fraction of sp³-hybridized carbons (Fsp3) is 0.208. The summed E-state index contributed by atoms with van der Waals surface area (Å²) in [6, 6.07) is 15.4. The van der Waals surface area contributed by atoms with Crippen LogP contribution in [0.1, 0.15) is 16.8 Å². The van der Waals surface area contributed by atoms with Crippen LogP contribution in [0.25, 0.3) is 22.6 Å². The normalized spacial score (nSPS) is 11.5. The van der Waals surface area contributed by atoms with Gasteiger partial charge >= 0.3 is 5.69 Å². The summed E-state index contributed by atoms with van der Waals surface area (Å²) in [5.41, 5.74) is 3.70. The van der Waals surface area contributed by atoms with E-state index in [0.29, 0.717) is 16.9 Å². The fourth-order valence-corrected chi connectivity index (χ4v) is 4.18. The molecule has 0 N–H and O–H groups in total. The number of imidazole rings is 2. The van der Waals surface area contributed by atoms with Crippen molar-refractivity contribution in [2.45, 2.75) is 20.4 Å². The van der Waals surface area contributed by atoms with E-state index < -0.39 is 5.69 Å². The summed E-state index contributed by atoms with van der Waals surface area (Å²) in [6.07, 6.45) is 1.87. The molecule has 3 aromatic heterocycles. The average Bonchev–Trinajstić information content (AvgIpc) is 3.31. The van der Waals surface area contributed by atoms with Gasteiger partial charge in [0, 0.05) is 25.0 Å². The van der Waals surface area contributed by atoms with Crippen molar-refractivity contribution in [2.75, 3.05) is 7.11 Å². The lowest BCUT2D eigenvalue weighted by Gasteiger charge is -2.10. The summed E-state index contributed by atoms with van der Waals surface area (Å²) >= 11 is 0. The number of aryl methyl sites for hydroxylation is 3. The van der Waals surface area contributed by atoms with E-state index in [2.05, 4.69) is 4.98 Å². The maximum Gasteiger partial charge on any atom is 0.332 e. The van der Waals surface area contributed by atoms with Gasteiger partial charge in [0.1, 0.15) is 5.75 Å². The van der Waals surface area contributed by atoms with Gasteiger partial charge in [0.2, 0.25) is 5.78 Å².